The van der Waals surface area contributed by atoms with Gasteiger partial charge in [0.2, 0.25) is 5.91 Å². The van der Waals surface area contributed by atoms with E-state index in [0.717, 1.165) is 18.4 Å². The van der Waals surface area contributed by atoms with Gasteiger partial charge in [-0.05, 0) is 30.0 Å². The van der Waals surface area contributed by atoms with Gasteiger partial charge in [-0.3, -0.25) is 4.79 Å². The molecule has 0 aliphatic carbocycles. The Balaban J connectivity index is 2.78. The van der Waals surface area contributed by atoms with Gasteiger partial charge in [0.1, 0.15) is 0 Å². The van der Waals surface area contributed by atoms with Crippen molar-refractivity contribution in [2.45, 2.75) is 32.1 Å². The largest absolute Gasteiger partial charge is 0.370 e. The molecule has 2 nitrogen and oxygen atoms in total. The van der Waals surface area contributed by atoms with Crippen molar-refractivity contribution in [1.82, 2.24) is 0 Å². The van der Waals surface area contributed by atoms with E-state index in [2.05, 4.69) is 6.92 Å². The van der Waals surface area contributed by atoms with Crippen LogP contribution in [0, 0.1) is 0 Å². The van der Waals surface area contributed by atoms with Crippen LogP contribution in [0.25, 0.3) is 0 Å². The number of rotatable bonds is 5. The number of primary amides is 1. The van der Waals surface area contributed by atoms with Gasteiger partial charge in [0.15, 0.2) is 0 Å². The molecule has 0 saturated heterocycles. The lowest BCUT2D eigenvalue weighted by Gasteiger charge is -2.14. The van der Waals surface area contributed by atoms with Gasteiger partial charge in [0.05, 0.1) is 0 Å². The van der Waals surface area contributed by atoms with Crippen LogP contribution in [0.3, 0.4) is 0 Å². The summed E-state index contributed by atoms with van der Waals surface area (Å²) in [5.41, 5.74) is 6.36. The van der Waals surface area contributed by atoms with Crippen LogP contribution in [0.1, 0.15) is 37.7 Å². The number of hydrogen-bond acceptors (Lipinski definition) is 1. The minimum Gasteiger partial charge on any atom is -0.370 e. The smallest absolute Gasteiger partial charge is 0.218 e. The lowest BCUT2D eigenvalue weighted by molar-refractivity contribution is -0.118. The Bertz CT molecular complexity index is 321. The first-order valence-electron chi connectivity index (χ1n) is 5.17. The van der Waals surface area contributed by atoms with E-state index in [0.29, 0.717) is 11.4 Å². The molecule has 0 aliphatic rings. The molecule has 1 rings (SSSR count). The molecule has 0 aliphatic heterocycles. The minimum absolute atomic E-state index is 0.227. The van der Waals surface area contributed by atoms with Gasteiger partial charge in [-0.1, -0.05) is 37.1 Å². The second-order valence-corrected chi connectivity index (χ2v) is 4.14. The average molecular weight is 226 g/mol. The summed E-state index contributed by atoms with van der Waals surface area (Å²) in [6.07, 6.45) is 2.43. The highest BCUT2D eigenvalue weighted by Crippen LogP contribution is 2.25. The predicted octanol–water partition coefficient (Wildman–Crippen LogP) is 3.10. The molecule has 3 heteroatoms. The zero-order valence-electron chi connectivity index (χ0n) is 8.87. The second kappa shape index (κ2) is 5.76. The van der Waals surface area contributed by atoms with E-state index in [1.165, 1.54) is 0 Å². The van der Waals surface area contributed by atoms with Crippen LogP contribution in [0.15, 0.2) is 24.3 Å². The quantitative estimate of drug-likeness (QED) is 0.822. The van der Waals surface area contributed by atoms with Crippen LogP contribution >= 0.6 is 11.6 Å². The summed E-state index contributed by atoms with van der Waals surface area (Å²) in [6.45, 7) is 2.10. The third-order valence-corrected chi connectivity index (χ3v) is 2.68. The van der Waals surface area contributed by atoms with Crippen molar-refractivity contribution in [3.63, 3.8) is 0 Å². The fraction of sp³-hybridized carbons (Fsp3) is 0.417. The van der Waals surface area contributed by atoms with Crippen LogP contribution < -0.4 is 5.73 Å². The van der Waals surface area contributed by atoms with Crippen LogP contribution in [0.2, 0.25) is 5.02 Å². The Kier molecular flexibility index (Phi) is 4.63. The van der Waals surface area contributed by atoms with Gasteiger partial charge in [-0.25, -0.2) is 0 Å². The zero-order chi connectivity index (χ0) is 11.3. The molecule has 0 fully saturated rings. The Morgan fingerprint density at radius 1 is 1.40 bits per heavy atom. The number of carbonyl (C=O) groups is 1. The van der Waals surface area contributed by atoms with E-state index in [1.807, 2.05) is 24.3 Å². The van der Waals surface area contributed by atoms with Crippen molar-refractivity contribution in [2.24, 2.45) is 5.73 Å². The Labute approximate surface area is 95.4 Å². The molecule has 0 heterocycles. The van der Waals surface area contributed by atoms with E-state index in [-0.39, 0.29) is 11.8 Å². The SMILES string of the molecule is CCCC(CC(N)=O)c1ccc(Cl)cc1. The maximum absolute atomic E-state index is 10.9. The third-order valence-electron chi connectivity index (χ3n) is 2.43. The highest BCUT2D eigenvalue weighted by Gasteiger charge is 2.13. The van der Waals surface area contributed by atoms with Crippen LogP contribution in [-0.2, 0) is 4.79 Å². The topological polar surface area (TPSA) is 43.1 Å². The molecular formula is C12H16ClNO. The van der Waals surface area contributed by atoms with Crippen LogP contribution in [-0.4, -0.2) is 5.91 Å². The fourth-order valence-electron chi connectivity index (χ4n) is 1.71. The van der Waals surface area contributed by atoms with Crippen molar-refractivity contribution in [3.05, 3.63) is 34.9 Å². The van der Waals surface area contributed by atoms with Gasteiger partial charge in [-0.15, -0.1) is 0 Å². The molecule has 0 bridgehead atoms. The number of amides is 1. The zero-order valence-corrected chi connectivity index (χ0v) is 9.63. The Morgan fingerprint density at radius 2 is 2.00 bits per heavy atom. The highest BCUT2D eigenvalue weighted by molar-refractivity contribution is 6.30. The molecule has 2 N–H and O–H groups in total. The molecule has 0 aromatic heterocycles. The van der Waals surface area contributed by atoms with Gasteiger partial charge in [0.25, 0.3) is 0 Å². The first-order chi connectivity index (χ1) is 7.13. The van der Waals surface area contributed by atoms with Gasteiger partial charge < -0.3 is 5.73 Å². The van der Waals surface area contributed by atoms with Crippen LogP contribution in [0.5, 0.6) is 0 Å². The summed E-state index contributed by atoms with van der Waals surface area (Å²) in [6, 6.07) is 7.62. The molecule has 0 spiro atoms. The van der Waals surface area contributed by atoms with Crippen molar-refractivity contribution < 1.29 is 4.79 Å². The predicted molar refractivity (Wildman–Crippen MR) is 62.9 cm³/mol. The second-order valence-electron chi connectivity index (χ2n) is 3.71. The van der Waals surface area contributed by atoms with Crippen molar-refractivity contribution in [3.8, 4) is 0 Å². The molecule has 1 aromatic rings. The van der Waals surface area contributed by atoms with Crippen molar-refractivity contribution in [2.75, 3.05) is 0 Å². The normalized spacial score (nSPS) is 12.4. The Morgan fingerprint density at radius 3 is 2.47 bits per heavy atom. The maximum Gasteiger partial charge on any atom is 0.218 e. The first-order valence-corrected chi connectivity index (χ1v) is 5.55. The molecule has 0 saturated carbocycles. The summed E-state index contributed by atoms with van der Waals surface area (Å²) in [5.74, 6) is -0.0202. The summed E-state index contributed by atoms with van der Waals surface area (Å²) >= 11 is 5.81. The fourth-order valence-corrected chi connectivity index (χ4v) is 1.84. The summed E-state index contributed by atoms with van der Waals surface area (Å²) in [5, 5.41) is 0.716. The number of benzene rings is 1. The molecule has 1 amide bonds. The van der Waals surface area contributed by atoms with Crippen molar-refractivity contribution >= 4 is 17.5 Å². The lowest BCUT2D eigenvalue weighted by atomic mass is 9.91. The summed E-state index contributed by atoms with van der Waals surface area (Å²) < 4.78 is 0. The van der Waals surface area contributed by atoms with Gasteiger partial charge in [-0.2, -0.15) is 0 Å². The molecular weight excluding hydrogens is 210 g/mol. The molecule has 0 radical (unpaired) electrons. The number of nitrogens with two attached hydrogens (primary N) is 1. The van der Waals surface area contributed by atoms with Crippen LogP contribution in [0.4, 0.5) is 0 Å². The third kappa shape index (κ3) is 3.92. The average Bonchev–Trinajstić information content (AvgIpc) is 2.17. The van der Waals surface area contributed by atoms with Gasteiger partial charge >= 0.3 is 0 Å². The van der Waals surface area contributed by atoms with E-state index in [4.69, 9.17) is 17.3 Å². The first kappa shape index (κ1) is 12.1. The van der Waals surface area contributed by atoms with E-state index < -0.39 is 0 Å². The number of halogens is 1. The number of carbonyl (C=O) groups excluding carboxylic acids is 1. The standard InChI is InChI=1S/C12H16ClNO/c1-2-3-10(8-12(14)15)9-4-6-11(13)7-5-9/h4-7,10H,2-3,8H2,1H3,(H2,14,15). The summed E-state index contributed by atoms with van der Waals surface area (Å²) in [7, 11) is 0. The Hall–Kier alpha value is -1.02. The van der Waals surface area contributed by atoms with E-state index in [9.17, 15) is 4.79 Å². The monoisotopic (exact) mass is 225 g/mol. The van der Waals surface area contributed by atoms with E-state index >= 15 is 0 Å². The lowest BCUT2D eigenvalue weighted by Crippen LogP contribution is -2.15. The molecule has 1 unspecified atom stereocenters. The highest BCUT2D eigenvalue weighted by atomic mass is 35.5. The van der Waals surface area contributed by atoms with Gasteiger partial charge in [0, 0.05) is 11.4 Å². The molecule has 15 heavy (non-hydrogen) atoms. The minimum atomic E-state index is -0.247. The van der Waals surface area contributed by atoms with Crippen molar-refractivity contribution in [1.29, 1.82) is 0 Å². The molecule has 1 aromatic carbocycles. The van der Waals surface area contributed by atoms with E-state index in [1.54, 1.807) is 0 Å². The maximum atomic E-state index is 10.9. The summed E-state index contributed by atoms with van der Waals surface area (Å²) in [4.78, 5) is 10.9. The molecule has 1 atom stereocenters. The number of hydrogen-bond donors (Lipinski definition) is 1. The molecule has 82 valence electrons.